The molecule has 1 saturated heterocycles. The maximum Gasteiger partial charge on any atom is 0.476 e. The number of azide groups is 1. The van der Waals surface area contributed by atoms with Crippen molar-refractivity contribution in [2.45, 2.75) is 24.9 Å². The van der Waals surface area contributed by atoms with Crippen LogP contribution in [0, 0.1) is 11.8 Å². The molecule has 5 atom stereocenters. The van der Waals surface area contributed by atoms with E-state index in [1.54, 1.807) is 10.8 Å². The van der Waals surface area contributed by atoms with Crippen LogP contribution in [0.3, 0.4) is 0 Å². The lowest BCUT2D eigenvalue weighted by Gasteiger charge is -2.18. The largest absolute Gasteiger partial charge is 0.476 e. The molecular formula is C15H21N8O10P3. The van der Waals surface area contributed by atoms with Gasteiger partial charge < -0.3 is 39.8 Å². The number of hydrogen-bond acceptors (Lipinski definition) is 13. The number of fused-ring (bicyclic) bond motifs is 1. The molecule has 2 aromatic rings. The first-order chi connectivity index (χ1) is 17.1. The first kappa shape index (κ1) is 28.2. The van der Waals surface area contributed by atoms with E-state index >= 15 is 0 Å². The van der Waals surface area contributed by atoms with Gasteiger partial charge in [0.15, 0.2) is 0 Å². The molecule has 196 valence electrons. The lowest BCUT2D eigenvalue weighted by atomic mass is 10.2. The van der Waals surface area contributed by atoms with Crippen molar-refractivity contribution in [1.82, 2.24) is 14.5 Å². The van der Waals surface area contributed by atoms with Crippen LogP contribution in [0.1, 0.15) is 18.2 Å². The Morgan fingerprint density at radius 1 is 1.39 bits per heavy atom. The molecular weight excluding hydrogens is 545 g/mol. The van der Waals surface area contributed by atoms with Crippen LogP contribution in [0.4, 0.5) is 5.82 Å². The van der Waals surface area contributed by atoms with Gasteiger partial charge in [0.2, 0.25) is 0 Å². The summed E-state index contributed by atoms with van der Waals surface area (Å²) in [5.41, 5.74) is 20.9. The van der Waals surface area contributed by atoms with Crippen molar-refractivity contribution in [3.63, 3.8) is 0 Å². The van der Waals surface area contributed by atoms with Crippen molar-refractivity contribution < 1.29 is 46.1 Å². The molecule has 1 aliphatic rings. The topological polar surface area (TPSA) is 269 Å². The monoisotopic (exact) mass is 566 g/mol. The average molecular weight is 566 g/mol. The van der Waals surface area contributed by atoms with Gasteiger partial charge in [0, 0.05) is 17.5 Å². The molecule has 0 saturated carbocycles. The number of aromatic nitrogens is 3. The Bertz CT molecular complexity index is 1300. The number of rotatable bonds is 11. The minimum atomic E-state index is -5.11. The van der Waals surface area contributed by atoms with Gasteiger partial charge in [-0.05, 0) is 5.53 Å². The van der Waals surface area contributed by atoms with E-state index in [-0.39, 0.29) is 25.5 Å². The van der Waals surface area contributed by atoms with E-state index in [0.29, 0.717) is 16.6 Å². The maximum absolute atomic E-state index is 11.9. The van der Waals surface area contributed by atoms with Gasteiger partial charge in [-0.1, -0.05) is 17.0 Å². The highest BCUT2D eigenvalue weighted by Crippen LogP contribution is 2.52. The highest BCUT2D eigenvalue weighted by Gasteiger charge is 2.38. The molecule has 5 unspecified atom stereocenters. The van der Waals surface area contributed by atoms with Crippen LogP contribution < -0.4 is 11.5 Å². The van der Waals surface area contributed by atoms with Gasteiger partial charge >= 0.3 is 24.3 Å². The number of hydrogen-bond donors (Lipinski definition) is 4. The van der Waals surface area contributed by atoms with E-state index in [4.69, 9.17) is 40.8 Å². The van der Waals surface area contributed by atoms with Gasteiger partial charge in [-0.3, -0.25) is 9.13 Å². The Hall–Kier alpha value is -2.34. The van der Waals surface area contributed by atoms with Gasteiger partial charge in [0.25, 0.3) is 0 Å². The van der Waals surface area contributed by atoms with E-state index in [2.05, 4.69) is 40.5 Å². The summed E-state index contributed by atoms with van der Waals surface area (Å²) in [4.78, 5) is 28.1. The fraction of sp³-hybridized carbons (Fsp3) is 0.467. The Kier molecular flexibility index (Phi) is 10.0. The molecule has 1 fully saturated rings. The summed E-state index contributed by atoms with van der Waals surface area (Å²) < 4.78 is 60.4. The second-order valence-corrected chi connectivity index (χ2v) is 10.7. The lowest BCUT2D eigenvalue weighted by Crippen LogP contribution is -2.28. The molecule has 0 aliphatic carbocycles. The first-order valence-corrected chi connectivity index (χ1v) is 13.8. The Balaban J connectivity index is 1.78. The second-order valence-electron chi connectivity index (χ2n) is 6.84. The molecule has 21 heteroatoms. The zero-order valence-corrected chi connectivity index (χ0v) is 21.1. The summed E-state index contributed by atoms with van der Waals surface area (Å²) >= 11 is 0. The third-order valence-corrected chi connectivity index (χ3v) is 7.87. The van der Waals surface area contributed by atoms with Crippen LogP contribution in [-0.4, -0.2) is 56.4 Å². The summed E-state index contributed by atoms with van der Waals surface area (Å²) in [6, 6.07) is 0. The van der Waals surface area contributed by atoms with E-state index in [9.17, 15) is 13.7 Å². The SMILES string of the molecule is [N-]=[N+]=NCOC1CC(n2cc(C#CCN)c3c(N)ncnc32)OC1CO[PH](=O)O[PH](=O)OP(=O)(O)O. The molecule has 1 aliphatic heterocycles. The normalized spacial score (nSPS) is 21.5. The van der Waals surface area contributed by atoms with E-state index in [0.717, 1.165) is 0 Å². The molecule has 6 N–H and O–H groups in total. The zero-order chi connectivity index (χ0) is 26.3. The van der Waals surface area contributed by atoms with Crippen LogP contribution >= 0.6 is 24.3 Å². The molecule has 2 aromatic heterocycles. The summed E-state index contributed by atoms with van der Waals surface area (Å²) in [5, 5.41) is 3.80. The number of nitrogens with two attached hydrogens (primary N) is 2. The molecule has 0 aromatic carbocycles. The molecule has 18 nitrogen and oxygen atoms in total. The number of nitrogen functional groups attached to an aromatic ring is 1. The maximum atomic E-state index is 11.9. The van der Waals surface area contributed by atoms with Gasteiger partial charge in [-0.2, -0.15) is 0 Å². The minimum Gasteiger partial charge on any atom is -0.383 e. The predicted octanol–water partition coefficient (Wildman–Crippen LogP) is 1.19. The highest BCUT2D eigenvalue weighted by molar-refractivity contribution is 7.58. The van der Waals surface area contributed by atoms with Crippen LogP contribution in [0.5, 0.6) is 0 Å². The van der Waals surface area contributed by atoms with E-state index in [1.807, 2.05) is 0 Å². The summed E-state index contributed by atoms with van der Waals surface area (Å²) in [5.74, 6) is 5.83. The number of phosphoric acid groups is 1. The predicted molar refractivity (Wildman–Crippen MR) is 123 cm³/mol. The molecule has 36 heavy (non-hydrogen) atoms. The highest BCUT2D eigenvalue weighted by atomic mass is 31.3. The van der Waals surface area contributed by atoms with Crippen LogP contribution in [0.2, 0.25) is 0 Å². The van der Waals surface area contributed by atoms with Crippen LogP contribution in [0.15, 0.2) is 17.6 Å². The Morgan fingerprint density at radius 3 is 2.86 bits per heavy atom. The van der Waals surface area contributed by atoms with Gasteiger partial charge in [-0.25, -0.2) is 23.2 Å². The fourth-order valence-electron chi connectivity index (χ4n) is 3.28. The number of anilines is 1. The molecule has 0 spiro atoms. The molecule has 0 bridgehead atoms. The third kappa shape index (κ3) is 7.58. The second kappa shape index (κ2) is 12.8. The third-order valence-electron chi connectivity index (χ3n) is 4.59. The van der Waals surface area contributed by atoms with E-state index in [1.165, 1.54) is 6.33 Å². The van der Waals surface area contributed by atoms with Gasteiger partial charge in [-0.15, -0.1) is 0 Å². The fourth-order valence-corrected chi connectivity index (χ4v) is 5.63. The van der Waals surface area contributed by atoms with Crippen molar-refractivity contribution in [3.05, 3.63) is 28.5 Å². The minimum absolute atomic E-state index is 0.113. The number of ether oxygens (including phenoxy) is 2. The molecule has 3 heterocycles. The van der Waals surface area contributed by atoms with Crippen molar-refractivity contribution in [3.8, 4) is 11.8 Å². The standard InChI is InChI=1S/C15H21N8O10P3/c16-3-1-2-9-5-23(15-13(9)14(17)19-7-20-15)12-4-10(29-8-21-22-18)11(31-12)6-30-34(24)32-35(25)33-36(26,27)28/h5,7,10-12,34-35H,3-4,6,8,16H2,(H2,17,19,20)(H2,26,27,28). The molecule has 0 amide bonds. The lowest BCUT2D eigenvalue weighted by molar-refractivity contribution is -0.0547. The van der Waals surface area contributed by atoms with Gasteiger partial charge in [0.05, 0.1) is 30.2 Å². The molecule has 0 radical (unpaired) electrons. The Labute approximate surface area is 204 Å². The average Bonchev–Trinajstić information content (AvgIpc) is 3.37. The van der Waals surface area contributed by atoms with Crippen molar-refractivity contribution in [2.24, 2.45) is 10.8 Å². The van der Waals surface area contributed by atoms with Gasteiger partial charge in [0.1, 0.15) is 36.9 Å². The zero-order valence-electron chi connectivity index (χ0n) is 18.2. The van der Waals surface area contributed by atoms with Crippen molar-refractivity contribution in [1.29, 1.82) is 0 Å². The molecule has 3 rings (SSSR count). The van der Waals surface area contributed by atoms with Crippen LogP contribution in [-0.2, 0) is 36.3 Å². The van der Waals surface area contributed by atoms with Crippen molar-refractivity contribution in [2.75, 3.05) is 25.6 Å². The first-order valence-electron chi connectivity index (χ1n) is 9.84. The van der Waals surface area contributed by atoms with Crippen molar-refractivity contribution >= 4 is 41.2 Å². The van der Waals surface area contributed by atoms with Crippen LogP contribution in [0.25, 0.3) is 21.5 Å². The number of nitrogens with zero attached hydrogens (tertiary/aromatic N) is 6. The summed E-state index contributed by atoms with van der Waals surface area (Å²) in [6.07, 6.45) is 0.793. The van der Waals surface area contributed by atoms with E-state index < -0.39 is 49.4 Å². The summed E-state index contributed by atoms with van der Waals surface area (Å²) in [7, 11) is -12.4. The smallest absolute Gasteiger partial charge is 0.383 e. The summed E-state index contributed by atoms with van der Waals surface area (Å²) in [6.45, 7) is -0.629. The quantitative estimate of drug-likeness (QED) is 0.0978. The Morgan fingerprint density at radius 2 is 2.17 bits per heavy atom.